The van der Waals surface area contributed by atoms with Crippen LogP contribution >= 0.6 is 0 Å². The van der Waals surface area contributed by atoms with Crippen molar-refractivity contribution >= 4 is 16.9 Å². The lowest BCUT2D eigenvalue weighted by Crippen LogP contribution is -2.36. The fourth-order valence-corrected chi connectivity index (χ4v) is 3.63. The zero-order chi connectivity index (χ0) is 15.6. The highest BCUT2D eigenvalue weighted by Gasteiger charge is 2.33. The first-order valence-corrected chi connectivity index (χ1v) is 8.29. The number of pyridine rings is 1. The third kappa shape index (κ3) is 4.27. The fraction of sp³-hybridized carbons (Fsp3) is 0.600. The van der Waals surface area contributed by atoms with E-state index in [9.17, 15) is 9.00 Å². The van der Waals surface area contributed by atoms with Crippen LogP contribution < -0.4 is 0 Å². The average molecular weight is 310 g/mol. The van der Waals surface area contributed by atoms with Crippen LogP contribution in [0.15, 0.2) is 23.4 Å². The summed E-state index contributed by atoms with van der Waals surface area (Å²) >= 11 is 0. The van der Waals surface area contributed by atoms with Crippen LogP contribution in [0.4, 0.5) is 4.79 Å². The molecule has 1 amide bonds. The summed E-state index contributed by atoms with van der Waals surface area (Å²) in [5.74, 6) is 0. The summed E-state index contributed by atoms with van der Waals surface area (Å²) in [6.07, 6.45) is 2.05. The minimum Gasteiger partial charge on any atom is -0.444 e. The third-order valence-electron chi connectivity index (χ3n) is 3.20. The van der Waals surface area contributed by atoms with Crippen molar-refractivity contribution in [2.24, 2.45) is 0 Å². The van der Waals surface area contributed by atoms with Crippen molar-refractivity contribution in [1.29, 1.82) is 0 Å². The molecule has 5 nitrogen and oxygen atoms in total. The molecule has 2 atom stereocenters. The largest absolute Gasteiger partial charge is 0.444 e. The maximum Gasteiger partial charge on any atom is 0.410 e. The normalized spacial score (nSPS) is 20.4. The molecule has 116 valence electrons. The monoisotopic (exact) mass is 310 g/mol. The Morgan fingerprint density at radius 1 is 1.48 bits per heavy atom. The van der Waals surface area contributed by atoms with Gasteiger partial charge in [0.1, 0.15) is 10.6 Å². The van der Waals surface area contributed by atoms with E-state index in [1.165, 1.54) is 0 Å². The zero-order valence-corrected chi connectivity index (χ0v) is 13.8. The van der Waals surface area contributed by atoms with Gasteiger partial charge in [-0.25, -0.2) is 9.78 Å². The molecular formula is C15H22N2O3S. The SMILES string of the molecule is Cc1ccnc([S@@](=O)[C@@H]2CCN(C(=O)OC(C)(C)C)C2)c1. The highest BCUT2D eigenvalue weighted by atomic mass is 32.2. The number of carbonyl (C=O) groups is 1. The highest BCUT2D eigenvalue weighted by molar-refractivity contribution is 7.85. The number of aryl methyl sites for hydroxylation is 1. The quantitative estimate of drug-likeness (QED) is 0.842. The molecule has 1 aromatic heterocycles. The lowest BCUT2D eigenvalue weighted by molar-refractivity contribution is 0.0295. The van der Waals surface area contributed by atoms with Crippen LogP contribution in [-0.2, 0) is 15.5 Å². The number of aromatic nitrogens is 1. The molecule has 0 spiro atoms. The van der Waals surface area contributed by atoms with Crippen molar-refractivity contribution in [3.63, 3.8) is 0 Å². The second kappa shape index (κ2) is 6.13. The lowest BCUT2D eigenvalue weighted by atomic mass is 10.2. The molecule has 0 saturated carbocycles. The van der Waals surface area contributed by atoms with E-state index in [4.69, 9.17) is 4.74 Å². The van der Waals surface area contributed by atoms with Crippen LogP contribution in [0.5, 0.6) is 0 Å². The van der Waals surface area contributed by atoms with Gasteiger partial charge in [-0.05, 0) is 51.8 Å². The van der Waals surface area contributed by atoms with E-state index in [-0.39, 0.29) is 11.3 Å². The number of carbonyl (C=O) groups excluding carboxylic acids is 1. The maximum atomic E-state index is 12.5. The summed E-state index contributed by atoms with van der Waals surface area (Å²) in [6.45, 7) is 8.51. The minimum atomic E-state index is -1.19. The predicted molar refractivity (Wildman–Crippen MR) is 81.6 cm³/mol. The number of hydrogen-bond acceptors (Lipinski definition) is 4. The van der Waals surface area contributed by atoms with E-state index < -0.39 is 16.4 Å². The Bertz CT molecular complexity index is 554. The van der Waals surface area contributed by atoms with Crippen LogP contribution in [0.3, 0.4) is 0 Å². The lowest BCUT2D eigenvalue weighted by Gasteiger charge is -2.24. The first-order valence-electron chi connectivity index (χ1n) is 7.07. The molecule has 0 radical (unpaired) electrons. The summed E-state index contributed by atoms with van der Waals surface area (Å²) in [4.78, 5) is 17.8. The zero-order valence-electron chi connectivity index (χ0n) is 13.0. The summed E-state index contributed by atoms with van der Waals surface area (Å²) in [6, 6.07) is 3.72. The van der Waals surface area contributed by atoms with Gasteiger partial charge in [-0.1, -0.05) is 0 Å². The standard InChI is InChI=1S/C15H22N2O3S/c1-11-5-7-16-13(9-11)21(19)12-6-8-17(10-12)14(18)20-15(2,3)4/h5,7,9,12H,6,8,10H2,1-4H3/t12-,21+/m1/s1. The Kier molecular flexibility index (Phi) is 4.66. The number of rotatable bonds is 2. The smallest absolute Gasteiger partial charge is 0.410 e. The van der Waals surface area contributed by atoms with E-state index in [0.29, 0.717) is 24.5 Å². The predicted octanol–water partition coefficient (Wildman–Crippen LogP) is 2.51. The van der Waals surface area contributed by atoms with Gasteiger partial charge in [0.05, 0.1) is 16.0 Å². The minimum absolute atomic E-state index is 0.0770. The number of amides is 1. The molecule has 0 aliphatic carbocycles. The van der Waals surface area contributed by atoms with Gasteiger partial charge in [-0.15, -0.1) is 0 Å². The molecule has 1 aromatic rings. The molecule has 1 aliphatic heterocycles. The van der Waals surface area contributed by atoms with E-state index in [2.05, 4.69) is 4.98 Å². The molecule has 6 heteroatoms. The Morgan fingerprint density at radius 2 is 2.19 bits per heavy atom. The average Bonchev–Trinajstić information content (AvgIpc) is 2.85. The topological polar surface area (TPSA) is 59.5 Å². The summed E-state index contributed by atoms with van der Waals surface area (Å²) < 4.78 is 17.9. The molecule has 2 rings (SSSR count). The number of likely N-dealkylation sites (tertiary alicyclic amines) is 1. The van der Waals surface area contributed by atoms with Gasteiger partial charge in [-0.3, -0.25) is 4.21 Å². The van der Waals surface area contributed by atoms with E-state index in [1.54, 1.807) is 11.1 Å². The van der Waals surface area contributed by atoms with Gasteiger partial charge >= 0.3 is 6.09 Å². The fourth-order valence-electron chi connectivity index (χ4n) is 2.18. The molecule has 21 heavy (non-hydrogen) atoms. The van der Waals surface area contributed by atoms with Crippen LogP contribution in [-0.4, -0.2) is 44.1 Å². The van der Waals surface area contributed by atoms with Crippen LogP contribution in [0, 0.1) is 6.92 Å². The van der Waals surface area contributed by atoms with Gasteiger partial charge in [0.25, 0.3) is 0 Å². The van der Waals surface area contributed by atoms with Crippen molar-refractivity contribution < 1.29 is 13.7 Å². The molecule has 0 aromatic carbocycles. The van der Waals surface area contributed by atoms with Gasteiger partial charge in [0.2, 0.25) is 0 Å². The van der Waals surface area contributed by atoms with Crippen molar-refractivity contribution in [3.05, 3.63) is 23.9 Å². The van der Waals surface area contributed by atoms with Gasteiger partial charge in [-0.2, -0.15) is 0 Å². The summed E-state index contributed by atoms with van der Waals surface area (Å²) in [5, 5.41) is 0.512. The van der Waals surface area contributed by atoms with Crippen LogP contribution in [0.1, 0.15) is 32.8 Å². The Hall–Kier alpha value is -1.43. The molecule has 0 unspecified atom stereocenters. The number of ether oxygens (including phenoxy) is 1. The molecular weight excluding hydrogens is 288 g/mol. The first kappa shape index (κ1) is 15.9. The number of hydrogen-bond donors (Lipinski definition) is 0. The van der Waals surface area contributed by atoms with Crippen molar-refractivity contribution in [3.8, 4) is 0 Å². The third-order valence-corrected chi connectivity index (χ3v) is 4.82. The number of nitrogens with zero attached hydrogens (tertiary/aromatic N) is 2. The van der Waals surface area contributed by atoms with E-state index in [0.717, 1.165) is 5.56 Å². The highest BCUT2D eigenvalue weighted by Crippen LogP contribution is 2.21. The van der Waals surface area contributed by atoms with E-state index >= 15 is 0 Å². The Balaban J connectivity index is 1.99. The maximum absolute atomic E-state index is 12.5. The summed E-state index contributed by atoms with van der Waals surface area (Å²) in [7, 11) is -1.19. The van der Waals surface area contributed by atoms with Crippen molar-refractivity contribution in [2.45, 2.75) is 50.0 Å². The van der Waals surface area contributed by atoms with Crippen LogP contribution in [0.2, 0.25) is 0 Å². The molecule has 1 aliphatic rings. The van der Waals surface area contributed by atoms with Crippen molar-refractivity contribution in [2.75, 3.05) is 13.1 Å². The molecule has 2 heterocycles. The Morgan fingerprint density at radius 3 is 2.81 bits per heavy atom. The van der Waals surface area contributed by atoms with Crippen LogP contribution in [0.25, 0.3) is 0 Å². The summed E-state index contributed by atoms with van der Waals surface area (Å²) in [5.41, 5.74) is 0.530. The van der Waals surface area contributed by atoms with E-state index in [1.807, 2.05) is 39.8 Å². The van der Waals surface area contributed by atoms with Gasteiger partial charge in [0, 0.05) is 19.3 Å². The molecule has 0 N–H and O–H groups in total. The Labute approximate surface area is 128 Å². The first-order chi connectivity index (χ1) is 9.76. The second-order valence-corrected chi connectivity index (χ2v) is 7.99. The molecule has 1 fully saturated rings. The molecule has 0 bridgehead atoms. The van der Waals surface area contributed by atoms with Crippen molar-refractivity contribution in [1.82, 2.24) is 9.88 Å². The molecule has 1 saturated heterocycles. The second-order valence-electron chi connectivity index (χ2n) is 6.31. The van der Waals surface area contributed by atoms with Gasteiger partial charge in [0.15, 0.2) is 0 Å². The van der Waals surface area contributed by atoms with Gasteiger partial charge < -0.3 is 9.64 Å².